The molecule has 0 aliphatic rings. The largest absolute Gasteiger partial charge is 0.492 e. The molecule has 0 bridgehead atoms. The molecule has 0 atom stereocenters. The number of aromatic nitrogens is 2. The van der Waals surface area contributed by atoms with Crippen molar-refractivity contribution in [3.05, 3.63) is 89.0 Å². The zero-order valence-corrected chi connectivity index (χ0v) is 18.9. The molecule has 0 amide bonds. The van der Waals surface area contributed by atoms with Crippen molar-refractivity contribution in [1.29, 1.82) is 0 Å². The van der Waals surface area contributed by atoms with Gasteiger partial charge in [-0.15, -0.1) is 0 Å². The van der Waals surface area contributed by atoms with Crippen molar-refractivity contribution >= 4 is 59.7 Å². The average molecular weight is 491 g/mol. The Bertz CT molecular complexity index is 1320. The smallest absolute Gasteiger partial charge is 0.204 e. The molecule has 5 rings (SSSR count). The normalized spacial score (nSPS) is 11.5. The average Bonchev–Trinajstić information content (AvgIpc) is 3.37. The number of fused-ring (bicyclic) bond motifs is 2. The maximum atomic E-state index is 5.90. The van der Waals surface area contributed by atoms with Crippen LogP contribution in [0.15, 0.2) is 88.6 Å². The van der Waals surface area contributed by atoms with E-state index in [1.54, 1.807) is 11.3 Å². The summed E-state index contributed by atoms with van der Waals surface area (Å²) in [7, 11) is 0. The Morgan fingerprint density at radius 1 is 1.03 bits per heavy atom. The second-order valence-electron chi connectivity index (χ2n) is 6.95. The minimum Gasteiger partial charge on any atom is -0.492 e. The maximum Gasteiger partial charge on any atom is 0.204 e. The molecule has 7 heteroatoms. The number of halogens is 1. The predicted molar refractivity (Wildman–Crippen MR) is 132 cm³/mol. The first-order valence-corrected chi connectivity index (χ1v) is 11.5. The second-order valence-corrected chi connectivity index (χ2v) is 8.90. The lowest BCUT2D eigenvalue weighted by Crippen LogP contribution is -2.07. The Morgan fingerprint density at radius 3 is 2.71 bits per heavy atom. The number of rotatable bonds is 7. The van der Waals surface area contributed by atoms with E-state index in [1.165, 1.54) is 0 Å². The van der Waals surface area contributed by atoms with Crippen LogP contribution in [-0.4, -0.2) is 22.4 Å². The van der Waals surface area contributed by atoms with Gasteiger partial charge in [-0.05, 0) is 42.5 Å². The van der Waals surface area contributed by atoms with Crippen LogP contribution in [0.3, 0.4) is 0 Å². The molecule has 0 spiro atoms. The minimum atomic E-state index is 0.584. The van der Waals surface area contributed by atoms with E-state index in [-0.39, 0.29) is 0 Å². The van der Waals surface area contributed by atoms with E-state index in [0.717, 1.165) is 48.6 Å². The van der Waals surface area contributed by atoms with E-state index >= 15 is 0 Å². The van der Waals surface area contributed by atoms with Crippen LogP contribution in [0.5, 0.6) is 5.75 Å². The summed E-state index contributed by atoms with van der Waals surface area (Å²) in [5, 5.41) is 6.37. The van der Waals surface area contributed by atoms with Gasteiger partial charge in [0.25, 0.3) is 0 Å². The minimum absolute atomic E-state index is 0.584. The van der Waals surface area contributed by atoms with Crippen molar-refractivity contribution < 1.29 is 4.74 Å². The van der Waals surface area contributed by atoms with Crippen LogP contribution in [0.2, 0.25) is 0 Å². The molecule has 0 saturated carbocycles. The zero-order chi connectivity index (χ0) is 21.0. The lowest BCUT2D eigenvalue weighted by Gasteiger charge is -2.08. The van der Waals surface area contributed by atoms with Crippen LogP contribution in [-0.2, 0) is 6.54 Å². The van der Waals surface area contributed by atoms with E-state index in [1.807, 2.05) is 54.7 Å². The number of hydrazone groups is 1. The van der Waals surface area contributed by atoms with Crippen molar-refractivity contribution in [2.45, 2.75) is 6.54 Å². The molecular formula is C24H19BrN4OS. The Hall–Kier alpha value is -3.16. The Morgan fingerprint density at radius 2 is 1.84 bits per heavy atom. The van der Waals surface area contributed by atoms with Crippen LogP contribution in [0, 0.1) is 0 Å². The third-order valence-electron chi connectivity index (χ3n) is 4.89. The highest BCUT2D eigenvalue weighted by molar-refractivity contribution is 9.10. The fourth-order valence-electron chi connectivity index (χ4n) is 3.43. The van der Waals surface area contributed by atoms with E-state index in [2.05, 4.69) is 66.5 Å². The van der Waals surface area contributed by atoms with E-state index in [0.29, 0.717) is 6.61 Å². The molecule has 0 radical (unpaired) electrons. The highest BCUT2D eigenvalue weighted by Crippen LogP contribution is 2.25. The summed E-state index contributed by atoms with van der Waals surface area (Å²) >= 11 is 5.03. The van der Waals surface area contributed by atoms with Crippen molar-refractivity contribution in [1.82, 2.24) is 9.55 Å². The Balaban J connectivity index is 1.30. The molecule has 0 aliphatic carbocycles. The maximum absolute atomic E-state index is 5.90. The molecule has 1 N–H and O–H groups in total. The van der Waals surface area contributed by atoms with E-state index in [4.69, 9.17) is 4.74 Å². The Labute approximate surface area is 192 Å². The molecule has 2 heterocycles. The topological polar surface area (TPSA) is 51.4 Å². The summed E-state index contributed by atoms with van der Waals surface area (Å²) in [6, 6.07) is 24.3. The third kappa shape index (κ3) is 4.47. The molecule has 0 unspecified atom stereocenters. The van der Waals surface area contributed by atoms with Gasteiger partial charge in [-0.3, -0.25) is 5.43 Å². The van der Waals surface area contributed by atoms with Gasteiger partial charge >= 0.3 is 0 Å². The number of hydrogen-bond acceptors (Lipinski definition) is 5. The molecular weight excluding hydrogens is 472 g/mol. The molecule has 0 saturated heterocycles. The summed E-state index contributed by atoms with van der Waals surface area (Å²) in [6.45, 7) is 1.33. The highest BCUT2D eigenvalue weighted by Gasteiger charge is 2.07. The first-order chi connectivity index (χ1) is 15.3. The SMILES string of the molecule is Brc1ccc(OCCn2cc(/C=N/Nc3nc4ccccc4s3)c3ccccc32)cc1. The van der Waals surface area contributed by atoms with Gasteiger partial charge in [-0.1, -0.05) is 57.6 Å². The van der Waals surface area contributed by atoms with Crippen molar-refractivity contribution in [3.63, 3.8) is 0 Å². The molecule has 31 heavy (non-hydrogen) atoms. The first-order valence-electron chi connectivity index (χ1n) is 9.87. The summed E-state index contributed by atoms with van der Waals surface area (Å²) < 4.78 is 10.3. The lowest BCUT2D eigenvalue weighted by atomic mass is 10.2. The van der Waals surface area contributed by atoms with Gasteiger partial charge in [0.05, 0.1) is 23.0 Å². The molecule has 0 fully saturated rings. The molecule has 5 aromatic rings. The molecule has 154 valence electrons. The second kappa shape index (κ2) is 8.91. The highest BCUT2D eigenvalue weighted by atomic mass is 79.9. The fraction of sp³-hybridized carbons (Fsp3) is 0.0833. The van der Waals surface area contributed by atoms with Gasteiger partial charge in [0, 0.05) is 27.1 Å². The van der Waals surface area contributed by atoms with Crippen LogP contribution in [0.25, 0.3) is 21.1 Å². The van der Waals surface area contributed by atoms with Crippen molar-refractivity contribution in [2.75, 3.05) is 12.0 Å². The fourth-order valence-corrected chi connectivity index (χ4v) is 4.51. The van der Waals surface area contributed by atoms with Gasteiger partial charge in [0.1, 0.15) is 12.4 Å². The molecule has 0 aliphatic heterocycles. The van der Waals surface area contributed by atoms with Crippen LogP contribution < -0.4 is 10.2 Å². The number of nitrogens with zero attached hydrogens (tertiary/aromatic N) is 3. The number of anilines is 1. The lowest BCUT2D eigenvalue weighted by molar-refractivity contribution is 0.300. The van der Waals surface area contributed by atoms with Crippen LogP contribution >= 0.6 is 27.3 Å². The first kappa shape index (κ1) is 19.8. The van der Waals surface area contributed by atoms with Gasteiger partial charge in [0.2, 0.25) is 5.13 Å². The monoisotopic (exact) mass is 490 g/mol. The third-order valence-corrected chi connectivity index (χ3v) is 6.36. The number of ether oxygens (including phenoxy) is 1. The van der Waals surface area contributed by atoms with E-state index in [9.17, 15) is 0 Å². The van der Waals surface area contributed by atoms with Gasteiger partial charge in [-0.2, -0.15) is 5.10 Å². The summed E-state index contributed by atoms with van der Waals surface area (Å²) in [5.41, 5.74) is 6.25. The van der Waals surface area contributed by atoms with Gasteiger partial charge in [-0.25, -0.2) is 4.98 Å². The molecule has 2 aromatic heterocycles. The predicted octanol–water partition coefficient (Wildman–Crippen LogP) is 6.54. The standard InChI is InChI=1S/C24H19BrN4OS/c25-18-9-11-19(12-10-18)30-14-13-29-16-17(20-5-1-3-7-22(20)29)15-26-28-24-27-21-6-2-4-8-23(21)31-24/h1-12,15-16H,13-14H2,(H,27,28)/b26-15+. The number of thiazole rings is 1. The van der Waals surface area contributed by atoms with E-state index < -0.39 is 0 Å². The number of nitrogens with one attached hydrogen (secondary N) is 1. The summed E-state index contributed by atoms with van der Waals surface area (Å²) in [5.74, 6) is 0.862. The Kier molecular flexibility index (Phi) is 5.69. The zero-order valence-electron chi connectivity index (χ0n) is 16.5. The number of para-hydroxylation sites is 2. The molecule has 3 aromatic carbocycles. The number of hydrogen-bond donors (Lipinski definition) is 1. The summed E-state index contributed by atoms with van der Waals surface area (Å²) in [4.78, 5) is 4.56. The summed E-state index contributed by atoms with van der Waals surface area (Å²) in [6.07, 6.45) is 3.96. The van der Waals surface area contributed by atoms with Crippen LogP contribution in [0.1, 0.15) is 5.56 Å². The number of benzene rings is 3. The van der Waals surface area contributed by atoms with Crippen molar-refractivity contribution in [2.24, 2.45) is 5.10 Å². The quantitative estimate of drug-likeness (QED) is 0.208. The molecule has 5 nitrogen and oxygen atoms in total. The van der Waals surface area contributed by atoms with Gasteiger partial charge < -0.3 is 9.30 Å². The van der Waals surface area contributed by atoms with Gasteiger partial charge in [0.15, 0.2) is 0 Å². The van der Waals surface area contributed by atoms with Crippen LogP contribution in [0.4, 0.5) is 5.13 Å². The van der Waals surface area contributed by atoms with Crippen molar-refractivity contribution in [3.8, 4) is 5.75 Å².